The number of aryl methyl sites for hydroxylation is 2. The quantitative estimate of drug-likeness (QED) is 0.731. The van der Waals surface area contributed by atoms with Gasteiger partial charge in [0.2, 0.25) is 0 Å². The van der Waals surface area contributed by atoms with Gasteiger partial charge in [-0.2, -0.15) is 13.5 Å². The lowest BCUT2D eigenvalue weighted by Crippen LogP contribution is -2.18. The van der Waals surface area contributed by atoms with Crippen LogP contribution in [-0.2, 0) is 21.9 Å². The van der Waals surface area contributed by atoms with Crippen LogP contribution < -0.4 is 4.72 Å². The zero-order valence-corrected chi connectivity index (χ0v) is 14.0. The molecule has 1 heterocycles. The van der Waals surface area contributed by atoms with Gasteiger partial charge in [0, 0.05) is 30.3 Å². The highest BCUT2D eigenvalue weighted by molar-refractivity contribution is 7.92. The Morgan fingerprint density at radius 3 is 2.58 bits per heavy atom. The number of hydrogen-bond acceptors (Lipinski definition) is 5. The van der Waals surface area contributed by atoms with Crippen LogP contribution in [0.3, 0.4) is 0 Å². The van der Waals surface area contributed by atoms with Crippen molar-refractivity contribution in [1.29, 1.82) is 0 Å². The van der Waals surface area contributed by atoms with Crippen LogP contribution in [0.1, 0.15) is 28.8 Å². The summed E-state index contributed by atoms with van der Waals surface area (Å²) in [5.41, 5.74) is 0.966. The summed E-state index contributed by atoms with van der Waals surface area (Å²) >= 11 is 0. The predicted molar refractivity (Wildman–Crippen MR) is 86.4 cm³/mol. The number of benzene rings is 1. The summed E-state index contributed by atoms with van der Waals surface area (Å²) in [5, 5.41) is 12.6. The summed E-state index contributed by atoms with van der Waals surface area (Å²) in [7, 11) is -2.33. The van der Waals surface area contributed by atoms with E-state index in [4.69, 9.17) is 5.11 Å². The van der Waals surface area contributed by atoms with Crippen molar-refractivity contribution in [3.05, 3.63) is 41.6 Å². The fraction of sp³-hybridized carbons (Fsp3) is 0.267. The monoisotopic (exact) mass is 351 g/mol. The number of Topliss-reactive ketones (excluding diaryl/α,β-unsaturated/α-hetero) is 1. The maximum atomic E-state index is 12.5. The van der Waals surface area contributed by atoms with Crippen molar-refractivity contribution in [2.75, 3.05) is 4.72 Å². The van der Waals surface area contributed by atoms with Crippen LogP contribution in [0.25, 0.3) is 0 Å². The number of hydrogen-bond donors (Lipinski definition) is 2. The molecule has 24 heavy (non-hydrogen) atoms. The van der Waals surface area contributed by atoms with Crippen molar-refractivity contribution in [1.82, 2.24) is 9.78 Å². The van der Waals surface area contributed by atoms with Gasteiger partial charge in [0.05, 0.1) is 12.6 Å². The second kappa shape index (κ2) is 6.83. The molecule has 0 spiro atoms. The number of sulfonamides is 1. The third-order valence-electron chi connectivity index (χ3n) is 3.31. The normalized spacial score (nSPS) is 11.2. The number of carboxylic acid groups (broad SMARTS) is 1. The first-order valence-electron chi connectivity index (χ1n) is 7.07. The van der Waals surface area contributed by atoms with Crippen molar-refractivity contribution in [3.63, 3.8) is 0 Å². The highest BCUT2D eigenvalue weighted by Gasteiger charge is 2.22. The molecule has 2 rings (SSSR count). The van der Waals surface area contributed by atoms with Crippen LogP contribution in [0.4, 0.5) is 5.69 Å². The van der Waals surface area contributed by atoms with Gasteiger partial charge in [-0.05, 0) is 19.1 Å². The number of rotatable bonds is 7. The molecular weight excluding hydrogens is 334 g/mol. The predicted octanol–water partition coefficient (Wildman–Crippen LogP) is 1.58. The molecule has 2 N–H and O–H groups in total. The Labute approximate surface area is 139 Å². The summed E-state index contributed by atoms with van der Waals surface area (Å²) in [6.45, 7) is 1.63. The Bertz CT molecular complexity index is 867. The first-order chi connectivity index (χ1) is 11.2. The van der Waals surface area contributed by atoms with E-state index in [1.165, 1.54) is 42.2 Å². The fourth-order valence-corrected chi connectivity index (χ4v) is 3.65. The van der Waals surface area contributed by atoms with E-state index in [0.717, 1.165) is 0 Å². The Kier molecular flexibility index (Phi) is 5.03. The second-order valence-electron chi connectivity index (χ2n) is 5.26. The molecule has 1 aromatic carbocycles. The molecule has 0 bridgehead atoms. The van der Waals surface area contributed by atoms with Gasteiger partial charge in [-0.3, -0.25) is 19.0 Å². The Morgan fingerprint density at radius 2 is 2.00 bits per heavy atom. The van der Waals surface area contributed by atoms with E-state index in [1.54, 1.807) is 6.92 Å². The minimum atomic E-state index is -3.85. The summed E-state index contributed by atoms with van der Waals surface area (Å²) in [4.78, 5) is 22.5. The third-order valence-corrected chi connectivity index (χ3v) is 4.91. The standard InChI is InChI=1S/C15H17N3O5S/c1-10-9-16-18(2)15(10)24(22,23)17-12-5-3-4-11(8-12)13(19)6-7-14(20)21/h3-5,8-9,17H,6-7H2,1-2H3,(H,20,21). The molecule has 8 nitrogen and oxygen atoms in total. The first kappa shape index (κ1) is 17.7. The zero-order chi connectivity index (χ0) is 17.9. The van der Waals surface area contributed by atoms with Crippen LogP contribution >= 0.6 is 0 Å². The highest BCUT2D eigenvalue weighted by Crippen LogP contribution is 2.20. The van der Waals surface area contributed by atoms with E-state index >= 15 is 0 Å². The van der Waals surface area contributed by atoms with Crippen LogP contribution in [0.2, 0.25) is 0 Å². The summed E-state index contributed by atoms with van der Waals surface area (Å²) < 4.78 is 28.6. The van der Waals surface area contributed by atoms with Gasteiger partial charge in [-0.15, -0.1) is 0 Å². The average Bonchev–Trinajstić information content (AvgIpc) is 2.84. The van der Waals surface area contributed by atoms with E-state index in [-0.39, 0.29) is 34.9 Å². The molecule has 0 atom stereocenters. The molecule has 0 unspecified atom stereocenters. The molecule has 9 heteroatoms. The maximum absolute atomic E-state index is 12.5. The molecule has 1 aromatic heterocycles. The van der Waals surface area contributed by atoms with Crippen molar-refractivity contribution >= 4 is 27.5 Å². The smallest absolute Gasteiger partial charge is 0.303 e. The molecule has 0 radical (unpaired) electrons. The van der Waals surface area contributed by atoms with Crippen molar-refractivity contribution in [2.45, 2.75) is 24.8 Å². The van der Waals surface area contributed by atoms with Crippen molar-refractivity contribution < 1.29 is 23.1 Å². The van der Waals surface area contributed by atoms with Gasteiger partial charge >= 0.3 is 5.97 Å². The van der Waals surface area contributed by atoms with Gasteiger partial charge in [-0.1, -0.05) is 12.1 Å². The molecule has 0 aliphatic rings. The molecule has 128 valence electrons. The van der Waals surface area contributed by atoms with E-state index in [2.05, 4.69) is 9.82 Å². The van der Waals surface area contributed by atoms with Gasteiger partial charge in [0.25, 0.3) is 10.0 Å². The topological polar surface area (TPSA) is 118 Å². The Balaban J connectivity index is 2.23. The summed E-state index contributed by atoms with van der Waals surface area (Å²) in [6.07, 6.45) is 1.02. The molecular formula is C15H17N3O5S. The minimum absolute atomic E-state index is 0.0325. The lowest BCUT2D eigenvalue weighted by molar-refractivity contribution is -0.136. The second-order valence-corrected chi connectivity index (χ2v) is 6.86. The average molecular weight is 351 g/mol. The number of carbonyl (C=O) groups excluding carboxylic acids is 1. The van der Waals surface area contributed by atoms with E-state index in [0.29, 0.717) is 5.56 Å². The van der Waals surface area contributed by atoms with Crippen LogP contribution in [0.15, 0.2) is 35.5 Å². The lowest BCUT2D eigenvalue weighted by atomic mass is 10.1. The number of nitrogens with one attached hydrogen (secondary N) is 1. The van der Waals surface area contributed by atoms with Gasteiger partial charge in [0.15, 0.2) is 10.8 Å². The number of carboxylic acids is 1. The molecule has 0 aliphatic carbocycles. The van der Waals surface area contributed by atoms with Crippen molar-refractivity contribution in [2.24, 2.45) is 7.05 Å². The van der Waals surface area contributed by atoms with Gasteiger partial charge < -0.3 is 5.11 Å². The summed E-state index contributed by atoms with van der Waals surface area (Å²) in [6, 6.07) is 5.93. The number of aromatic nitrogens is 2. The number of aliphatic carboxylic acids is 1. The zero-order valence-electron chi connectivity index (χ0n) is 13.2. The molecule has 0 saturated carbocycles. The number of anilines is 1. The SMILES string of the molecule is Cc1cnn(C)c1S(=O)(=O)Nc1cccc(C(=O)CCC(=O)O)c1. The van der Waals surface area contributed by atoms with Crippen LogP contribution in [0, 0.1) is 6.92 Å². The summed E-state index contributed by atoms with van der Waals surface area (Å²) in [5.74, 6) is -1.43. The van der Waals surface area contributed by atoms with Crippen molar-refractivity contribution in [3.8, 4) is 0 Å². The molecule has 0 fully saturated rings. The Morgan fingerprint density at radius 1 is 1.29 bits per heavy atom. The van der Waals surface area contributed by atoms with Crippen LogP contribution in [0.5, 0.6) is 0 Å². The number of nitrogens with zero attached hydrogens (tertiary/aromatic N) is 2. The largest absolute Gasteiger partial charge is 0.481 e. The van der Waals surface area contributed by atoms with E-state index < -0.39 is 16.0 Å². The maximum Gasteiger partial charge on any atom is 0.303 e. The number of carbonyl (C=O) groups is 2. The first-order valence-corrected chi connectivity index (χ1v) is 8.55. The van der Waals surface area contributed by atoms with Crippen LogP contribution in [-0.4, -0.2) is 35.1 Å². The molecule has 0 saturated heterocycles. The third kappa shape index (κ3) is 3.99. The Hall–Kier alpha value is -2.68. The van der Waals surface area contributed by atoms with Gasteiger partial charge in [0.1, 0.15) is 0 Å². The molecule has 2 aromatic rings. The number of ketones is 1. The molecule has 0 amide bonds. The molecule has 0 aliphatic heterocycles. The minimum Gasteiger partial charge on any atom is -0.481 e. The van der Waals surface area contributed by atoms with Gasteiger partial charge in [-0.25, -0.2) is 0 Å². The van der Waals surface area contributed by atoms with E-state index in [1.807, 2.05) is 0 Å². The van der Waals surface area contributed by atoms with E-state index in [9.17, 15) is 18.0 Å². The lowest BCUT2D eigenvalue weighted by Gasteiger charge is -2.10. The fourth-order valence-electron chi connectivity index (χ4n) is 2.25. The highest BCUT2D eigenvalue weighted by atomic mass is 32.2.